The highest BCUT2D eigenvalue weighted by Crippen LogP contribution is 2.46. The molecule has 1 aliphatic carbocycles. The van der Waals surface area contributed by atoms with E-state index in [1.165, 1.54) is 29.5 Å². The second kappa shape index (κ2) is 5.08. The number of rotatable bonds is 2. The van der Waals surface area contributed by atoms with Gasteiger partial charge in [0, 0.05) is 5.56 Å². The Morgan fingerprint density at radius 3 is 2.14 bits per heavy atom. The average molecular weight is 292 g/mol. The highest BCUT2D eigenvalue weighted by molar-refractivity contribution is 5.79. The molecular formula is C21H24O. The number of hydrogen-bond acceptors (Lipinski definition) is 1. The molecule has 2 aromatic rings. The number of hydrogen-bond donors (Lipinski definition) is 0. The first-order chi connectivity index (χ1) is 10.3. The van der Waals surface area contributed by atoms with Crippen LogP contribution < -0.4 is 0 Å². The lowest BCUT2D eigenvalue weighted by Crippen LogP contribution is -2.33. The average Bonchev–Trinajstić information content (AvgIpc) is 2.52. The van der Waals surface area contributed by atoms with Crippen LogP contribution in [0.25, 0.3) is 11.1 Å². The Morgan fingerprint density at radius 1 is 0.818 bits per heavy atom. The molecule has 0 saturated carbocycles. The number of fused-ring (bicyclic) bond motifs is 1. The fourth-order valence-corrected chi connectivity index (χ4v) is 3.56. The maximum atomic E-state index is 11.0. The summed E-state index contributed by atoms with van der Waals surface area (Å²) < 4.78 is 0. The van der Waals surface area contributed by atoms with Crippen LogP contribution in [0.5, 0.6) is 0 Å². The van der Waals surface area contributed by atoms with Gasteiger partial charge in [0.05, 0.1) is 0 Å². The molecule has 2 aromatic carbocycles. The first kappa shape index (κ1) is 15.0. The Kier molecular flexibility index (Phi) is 3.47. The summed E-state index contributed by atoms with van der Waals surface area (Å²) in [7, 11) is 0. The predicted octanol–water partition coefficient (Wildman–Crippen LogP) is 5.52. The van der Waals surface area contributed by atoms with Crippen molar-refractivity contribution in [2.75, 3.05) is 0 Å². The van der Waals surface area contributed by atoms with Crippen molar-refractivity contribution in [1.82, 2.24) is 0 Å². The van der Waals surface area contributed by atoms with Crippen molar-refractivity contribution in [2.45, 2.75) is 51.4 Å². The van der Waals surface area contributed by atoms with Crippen LogP contribution in [-0.4, -0.2) is 6.29 Å². The van der Waals surface area contributed by atoms with Gasteiger partial charge in [-0.3, -0.25) is 4.79 Å². The molecule has 0 aromatic heterocycles. The van der Waals surface area contributed by atoms with Crippen molar-refractivity contribution in [1.29, 1.82) is 0 Å². The second-order valence-corrected chi connectivity index (χ2v) is 7.77. The molecule has 0 fully saturated rings. The topological polar surface area (TPSA) is 17.1 Å². The standard InChI is InChI=1S/C21H24O/c1-20(2)10-11-21(3,4)19-13-17(8-9-18(19)20)16-7-5-6-15(12-16)14-22/h5-9,12-14H,10-11H2,1-4H3. The zero-order valence-electron chi connectivity index (χ0n) is 13.9. The van der Waals surface area contributed by atoms with E-state index in [-0.39, 0.29) is 10.8 Å². The molecule has 3 rings (SSSR count). The Bertz CT molecular complexity index is 722. The number of aldehydes is 1. The third-order valence-electron chi connectivity index (χ3n) is 5.21. The van der Waals surface area contributed by atoms with E-state index in [9.17, 15) is 4.79 Å². The van der Waals surface area contributed by atoms with E-state index < -0.39 is 0 Å². The first-order valence-corrected chi connectivity index (χ1v) is 8.04. The second-order valence-electron chi connectivity index (χ2n) is 7.77. The minimum atomic E-state index is 0.211. The van der Waals surface area contributed by atoms with Crippen molar-refractivity contribution < 1.29 is 4.79 Å². The van der Waals surface area contributed by atoms with Gasteiger partial charge in [-0.2, -0.15) is 0 Å². The van der Waals surface area contributed by atoms with Gasteiger partial charge in [0.2, 0.25) is 0 Å². The lowest BCUT2D eigenvalue weighted by molar-refractivity contribution is 0.112. The summed E-state index contributed by atoms with van der Waals surface area (Å²) >= 11 is 0. The molecule has 0 heterocycles. The number of carbonyl (C=O) groups is 1. The maximum Gasteiger partial charge on any atom is 0.150 e. The molecule has 1 aliphatic rings. The number of benzene rings is 2. The van der Waals surface area contributed by atoms with Crippen molar-refractivity contribution >= 4 is 6.29 Å². The molecule has 0 spiro atoms. The van der Waals surface area contributed by atoms with E-state index in [1.54, 1.807) is 0 Å². The van der Waals surface area contributed by atoms with E-state index in [2.05, 4.69) is 52.0 Å². The SMILES string of the molecule is CC1(C)CCC(C)(C)c2cc(-c3cccc(C=O)c3)ccc21. The summed E-state index contributed by atoms with van der Waals surface area (Å²) in [5, 5.41) is 0. The van der Waals surface area contributed by atoms with Crippen molar-refractivity contribution in [3.05, 3.63) is 59.2 Å². The zero-order chi connectivity index (χ0) is 16.0. The normalized spacial score (nSPS) is 18.5. The van der Waals surface area contributed by atoms with Crippen molar-refractivity contribution in [3.63, 3.8) is 0 Å². The first-order valence-electron chi connectivity index (χ1n) is 8.04. The van der Waals surface area contributed by atoms with Crippen LogP contribution >= 0.6 is 0 Å². The van der Waals surface area contributed by atoms with Crippen molar-refractivity contribution in [2.24, 2.45) is 0 Å². The predicted molar refractivity (Wildman–Crippen MR) is 92.6 cm³/mol. The van der Waals surface area contributed by atoms with Crippen LogP contribution in [0.1, 0.15) is 62.0 Å². The molecule has 1 heteroatoms. The molecule has 0 amide bonds. The molecule has 0 N–H and O–H groups in total. The number of carbonyl (C=O) groups excluding carboxylic acids is 1. The molecule has 22 heavy (non-hydrogen) atoms. The monoisotopic (exact) mass is 292 g/mol. The maximum absolute atomic E-state index is 11.0. The zero-order valence-corrected chi connectivity index (χ0v) is 13.9. The van der Waals surface area contributed by atoms with Crippen LogP contribution in [0.4, 0.5) is 0 Å². The Balaban J connectivity index is 2.15. The van der Waals surface area contributed by atoms with Gasteiger partial charge >= 0.3 is 0 Å². The van der Waals surface area contributed by atoms with Crippen LogP contribution in [0, 0.1) is 0 Å². The fourth-order valence-electron chi connectivity index (χ4n) is 3.56. The summed E-state index contributed by atoms with van der Waals surface area (Å²) in [6, 6.07) is 14.7. The van der Waals surface area contributed by atoms with Crippen LogP contribution in [-0.2, 0) is 10.8 Å². The van der Waals surface area contributed by atoms with Crippen LogP contribution in [0.3, 0.4) is 0 Å². The third-order valence-corrected chi connectivity index (χ3v) is 5.21. The summed E-state index contributed by atoms with van der Waals surface area (Å²) in [6.07, 6.45) is 3.35. The van der Waals surface area contributed by atoms with E-state index in [0.29, 0.717) is 0 Å². The molecular weight excluding hydrogens is 268 g/mol. The van der Waals surface area contributed by atoms with Gasteiger partial charge in [-0.1, -0.05) is 64.1 Å². The van der Waals surface area contributed by atoms with E-state index in [1.807, 2.05) is 18.2 Å². The molecule has 0 unspecified atom stereocenters. The van der Waals surface area contributed by atoms with Gasteiger partial charge in [-0.15, -0.1) is 0 Å². The van der Waals surface area contributed by atoms with Gasteiger partial charge < -0.3 is 0 Å². The molecule has 0 radical (unpaired) electrons. The molecule has 0 bridgehead atoms. The Morgan fingerprint density at radius 2 is 1.45 bits per heavy atom. The lowest BCUT2D eigenvalue weighted by Gasteiger charge is -2.42. The minimum absolute atomic E-state index is 0.211. The van der Waals surface area contributed by atoms with Gasteiger partial charge in [-0.05, 0) is 52.0 Å². The molecule has 114 valence electrons. The summed E-state index contributed by atoms with van der Waals surface area (Å²) in [5.41, 5.74) is 6.43. The molecule has 0 saturated heterocycles. The summed E-state index contributed by atoms with van der Waals surface area (Å²) in [6.45, 7) is 9.36. The van der Waals surface area contributed by atoms with Crippen molar-refractivity contribution in [3.8, 4) is 11.1 Å². The highest BCUT2D eigenvalue weighted by atomic mass is 16.1. The highest BCUT2D eigenvalue weighted by Gasteiger charge is 2.36. The fraction of sp³-hybridized carbons (Fsp3) is 0.381. The quantitative estimate of drug-likeness (QED) is 0.666. The van der Waals surface area contributed by atoms with Gasteiger partial charge in [0.25, 0.3) is 0 Å². The molecule has 0 aliphatic heterocycles. The smallest absolute Gasteiger partial charge is 0.150 e. The van der Waals surface area contributed by atoms with E-state index >= 15 is 0 Å². The Labute approximate surface area is 133 Å². The van der Waals surface area contributed by atoms with Gasteiger partial charge in [0.1, 0.15) is 6.29 Å². The Hall–Kier alpha value is -1.89. The largest absolute Gasteiger partial charge is 0.298 e. The lowest BCUT2D eigenvalue weighted by atomic mass is 9.63. The molecule has 1 nitrogen and oxygen atoms in total. The summed E-state index contributed by atoms with van der Waals surface area (Å²) in [4.78, 5) is 11.0. The van der Waals surface area contributed by atoms with Gasteiger partial charge in [0.15, 0.2) is 0 Å². The molecule has 0 atom stereocenters. The van der Waals surface area contributed by atoms with Crippen LogP contribution in [0.2, 0.25) is 0 Å². The summed E-state index contributed by atoms with van der Waals surface area (Å²) in [5.74, 6) is 0. The van der Waals surface area contributed by atoms with Crippen LogP contribution in [0.15, 0.2) is 42.5 Å². The third kappa shape index (κ3) is 2.49. The van der Waals surface area contributed by atoms with E-state index in [0.717, 1.165) is 17.4 Å². The van der Waals surface area contributed by atoms with E-state index in [4.69, 9.17) is 0 Å². The van der Waals surface area contributed by atoms with Gasteiger partial charge in [-0.25, -0.2) is 0 Å². The minimum Gasteiger partial charge on any atom is -0.298 e.